The highest BCUT2D eigenvalue weighted by atomic mass is 16.5. The molecule has 0 radical (unpaired) electrons. The lowest BCUT2D eigenvalue weighted by Gasteiger charge is -2.36. The van der Waals surface area contributed by atoms with Gasteiger partial charge in [-0.15, -0.1) is 0 Å². The summed E-state index contributed by atoms with van der Waals surface area (Å²) >= 11 is 0. The van der Waals surface area contributed by atoms with E-state index in [0.29, 0.717) is 11.5 Å². The molecule has 3 aromatic carbocycles. The third-order valence-corrected chi connectivity index (χ3v) is 6.03. The number of aryl methyl sites for hydroxylation is 1. The van der Waals surface area contributed by atoms with E-state index in [1.54, 1.807) is 18.2 Å². The van der Waals surface area contributed by atoms with Gasteiger partial charge in [0.05, 0.1) is 5.56 Å². The molecule has 1 aliphatic rings. The van der Waals surface area contributed by atoms with Crippen molar-refractivity contribution >= 4 is 5.97 Å². The zero-order valence-corrected chi connectivity index (χ0v) is 18.5. The Morgan fingerprint density at radius 3 is 2.42 bits per heavy atom. The van der Waals surface area contributed by atoms with Crippen molar-refractivity contribution in [2.45, 2.75) is 52.1 Å². The molecule has 1 aliphatic heterocycles. The maximum atomic E-state index is 11.3. The molecule has 0 unspecified atom stereocenters. The molecular formula is C28H30O3. The Hall–Kier alpha value is -3.07. The van der Waals surface area contributed by atoms with E-state index < -0.39 is 5.97 Å². The zero-order chi connectivity index (χ0) is 22.0. The van der Waals surface area contributed by atoms with Crippen molar-refractivity contribution < 1.29 is 14.6 Å². The summed E-state index contributed by atoms with van der Waals surface area (Å²) in [6, 6.07) is 22.2. The number of hydrogen-bond acceptors (Lipinski definition) is 2. The topological polar surface area (TPSA) is 46.5 Å². The monoisotopic (exact) mass is 414 g/mol. The van der Waals surface area contributed by atoms with Gasteiger partial charge >= 0.3 is 5.97 Å². The summed E-state index contributed by atoms with van der Waals surface area (Å²) in [5.41, 5.74) is 5.79. The molecule has 3 heteroatoms. The number of fused-ring (bicyclic) bond motifs is 1. The highest BCUT2D eigenvalue weighted by Crippen LogP contribution is 2.38. The van der Waals surface area contributed by atoms with Crippen LogP contribution in [0.4, 0.5) is 0 Å². The first kappa shape index (κ1) is 21.2. The van der Waals surface area contributed by atoms with Crippen LogP contribution in [0.1, 0.15) is 54.2 Å². The average molecular weight is 415 g/mol. The Bertz CT molecular complexity index is 1080. The molecule has 1 heterocycles. The highest BCUT2D eigenvalue weighted by Gasteiger charge is 2.32. The molecule has 0 fully saturated rings. The van der Waals surface area contributed by atoms with E-state index in [1.165, 1.54) is 16.7 Å². The number of hydrogen-bond donors (Lipinski definition) is 1. The molecule has 31 heavy (non-hydrogen) atoms. The molecule has 0 spiro atoms. The fourth-order valence-electron chi connectivity index (χ4n) is 4.40. The quantitative estimate of drug-likeness (QED) is 0.496. The van der Waals surface area contributed by atoms with E-state index in [4.69, 9.17) is 4.74 Å². The van der Waals surface area contributed by atoms with E-state index in [1.807, 2.05) is 6.07 Å². The molecule has 1 N–H and O–H groups in total. The number of benzene rings is 3. The molecule has 0 bridgehead atoms. The van der Waals surface area contributed by atoms with Gasteiger partial charge in [-0.1, -0.05) is 62.4 Å². The number of rotatable bonds is 6. The van der Waals surface area contributed by atoms with E-state index in [-0.39, 0.29) is 5.60 Å². The van der Waals surface area contributed by atoms with Gasteiger partial charge in [0.2, 0.25) is 0 Å². The summed E-state index contributed by atoms with van der Waals surface area (Å²) in [5.74, 6) is 0.651. The van der Waals surface area contributed by atoms with Crippen LogP contribution >= 0.6 is 0 Å². The zero-order valence-electron chi connectivity index (χ0n) is 18.5. The predicted molar refractivity (Wildman–Crippen MR) is 125 cm³/mol. The SMILES string of the molecule is CC(C)Cc1ccc(C[C@@]2(C)CCc3ccc(-c4cccc(C(=O)O)c4)cc3O2)cc1. The van der Waals surface area contributed by atoms with Gasteiger partial charge in [0.15, 0.2) is 0 Å². The second-order valence-electron chi connectivity index (χ2n) is 9.35. The molecule has 0 aromatic heterocycles. The van der Waals surface area contributed by atoms with E-state index in [0.717, 1.165) is 42.6 Å². The summed E-state index contributed by atoms with van der Waals surface area (Å²) in [5, 5.41) is 9.29. The lowest BCUT2D eigenvalue weighted by Crippen LogP contribution is -2.38. The van der Waals surface area contributed by atoms with Crippen molar-refractivity contribution in [1.82, 2.24) is 0 Å². The van der Waals surface area contributed by atoms with Gasteiger partial charge in [0, 0.05) is 6.42 Å². The maximum absolute atomic E-state index is 11.3. The Morgan fingerprint density at radius 1 is 1.00 bits per heavy atom. The van der Waals surface area contributed by atoms with Crippen molar-refractivity contribution in [2.24, 2.45) is 5.92 Å². The summed E-state index contributed by atoms with van der Waals surface area (Å²) < 4.78 is 6.54. The fourth-order valence-corrected chi connectivity index (χ4v) is 4.40. The molecule has 0 amide bonds. The number of carboxylic acids is 1. The van der Waals surface area contributed by atoms with Gasteiger partial charge in [-0.2, -0.15) is 0 Å². The van der Waals surface area contributed by atoms with E-state index >= 15 is 0 Å². The van der Waals surface area contributed by atoms with Crippen LogP contribution in [0.15, 0.2) is 66.7 Å². The van der Waals surface area contributed by atoms with Gasteiger partial charge < -0.3 is 9.84 Å². The first-order valence-corrected chi connectivity index (χ1v) is 11.0. The molecule has 160 valence electrons. The normalized spacial score (nSPS) is 17.8. The molecule has 1 atom stereocenters. The number of carbonyl (C=O) groups is 1. The lowest BCUT2D eigenvalue weighted by atomic mass is 9.86. The number of carboxylic acid groups (broad SMARTS) is 1. The second-order valence-corrected chi connectivity index (χ2v) is 9.35. The smallest absolute Gasteiger partial charge is 0.335 e. The van der Waals surface area contributed by atoms with Crippen LogP contribution in [-0.2, 0) is 19.3 Å². The molecule has 3 aromatic rings. The van der Waals surface area contributed by atoms with Crippen LogP contribution in [0.2, 0.25) is 0 Å². The van der Waals surface area contributed by atoms with Crippen molar-refractivity contribution in [2.75, 3.05) is 0 Å². The van der Waals surface area contributed by atoms with Crippen molar-refractivity contribution in [1.29, 1.82) is 0 Å². The molecule has 4 rings (SSSR count). The maximum Gasteiger partial charge on any atom is 0.335 e. The second kappa shape index (κ2) is 8.58. The molecular weight excluding hydrogens is 384 g/mol. The van der Waals surface area contributed by atoms with Gasteiger partial charge in [-0.05, 0) is 78.1 Å². The summed E-state index contributed by atoms with van der Waals surface area (Å²) in [7, 11) is 0. The Morgan fingerprint density at radius 2 is 1.71 bits per heavy atom. The van der Waals surface area contributed by atoms with Gasteiger partial charge in [-0.3, -0.25) is 0 Å². The summed E-state index contributed by atoms with van der Waals surface area (Å²) in [4.78, 5) is 11.3. The third kappa shape index (κ3) is 4.99. The Kier molecular flexibility index (Phi) is 5.86. The first-order chi connectivity index (χ1) is 14.8. The molecule has 0 saturated carbocycles. The molecule has 0 saturated heterocycles. The van der Waals surface area contributed by atoms with Crippen LogP contribution in [0.3, 0.4) is 0 Å². The van der Waals surface area contributed by atoms with Crippen molar-refractivity contribution in [3.63, 3.8) is 0 Å². The molecule has 3 nitrogen and oxygen atoms in total. The average Bonchev–Trinajstić information content (AvgIpc) is 2.74. The van der Waals surface area contributed by atoms with E-state index in [2.05, 4.69) is 63.2 Å². The Labute approximate surface area is 184 Å². The largest absolute Gasteiger partial charge is 0.487 e. The molecule has 0 aliphatic carbocycles. The Balaban J connectivity index is 1.54. The fraction of sp³-hybridized carbons (Fsp3) is 0.321. The van der Waals surface area contributed by atoms with Gasteiger partial charge in [0.1, 0.15) is 11.4 Å². The van der Waals surface area contributed by atoms with Crippen LogP contribution in [0, 0.1) is 5.92 Å². The van der Waals surface area contributed by atoms with E-state index in [9.17, 15) is 9.90 Å². The van der Waals surface area contributed by atoms with Crippen LogP contribution in [-0.4, -0.2) is 16.7 Å². The standard InChI is InChI=1S/C28H30O3/c1-19(2)15-20-7-9-21(10-8-20)18-28(3)14-13-22-11-12-24(17-26(22)31-28)23-5-4-6-25(16-23)27(29)30/h4-12,16-17,19H,13-15,18H2,1-3H3,(H,29,30)/t28-/m1/s1. The summed E-state index contributed by atoms with van der Waals surface area (Å²) in [6.45, 7) is 6.68. The third-order valence-electron chi connectivity index (χ3n) is 6.03. The van der Waals surface area contributed by atoms with Crippen LogP contribution in [0.25, 0.3) is 11.1 Å². The lowest BCUT2D eigenvalue weighted by molar-refractivity contribution is 0.0654. The number of ether oxygens (including phenoxy) is 1. The number of aromatic carboxylic acids is 1. The minimum atomic E-state index is -0.914. The minimum absolute atomic E-state index is 0.256. The van der Waals surface area contributed by atoms with Gasteiger partial charge in [0.25, 0.3) is 0 Å². The summed E-state index contributed by atoms with van der Waals surface area (Å²) in [6.07, 6.45) is 3.93. The first-order valence-electron chi connectivity index (χ1n) is 11.0. The van der Waals surface area contributed by atoms with Crippen molar-refractivity contribution in [3.05, 3.63) is 89.0 Å². The van der Waals surface area contributed by atoms with Gasteiger partial charge in [-0.25, -0.2) is 4.79 Å². The minimum Gasteiger partial charge on any atom is -0.487 e. The van der Waals surface area contributed by atoms with Crippen molar-refractivity contribution in [3.8, 4) is 16.9 Å². The highest BCUT2D eigenvalue weighted by molar-refractivity contribution is 5.89. The van der Waals surface area contributed by atoms with Crippen LogP contribution < -0.4 is 4.74 Å². The predicted octanol–water partition coefficient (Wildman–Crippen LogP) is 6.58. The van der Waals surface area contributed by atoms with Crippen LogP contribution in [0.5, 0.6) is 5.75 Å².